The van der Waals surface area contributed by atoms with Gasteiger partial charge in [-0.2, -0.15) is 0 Å². The van der Waals surface area contributed by atoms with Crippen molar-refractivity contribution in [2.75, 3.05) is 5.84 Å². The molecule has 0 spiro atoms. The molecule has 1 heterocycles. The molecule has 0 aliphatic heterocycles. The summed E-state index contributed by atoms with van der Waals surface area (Å²) >= 11 is 0. The van der Waals surface area contributed by atoms with Crippen LogP contribution in [0.2, 0.25) is 0 Å². The first-order valence-corrected chi connectivity index (χ1v) is 2.70. The molecule has 0 aromatic carbocycles. The van der Waals surface area contributed by atoms with Crippen molar-refractivity contribution in [1.29, 1.82) is 0 Å². The lowest BCUT2D eigenvalue weighted by Crippen LogP contribution is -2.43. The van der Waals surface area contributed by atoms with E-state index in [0.29, 0.717) is 0 Å². The molecule has 52 valence electrons. The number of aromatic nitrogens is 1. The van der Waals surface area contributed by atoms with E-state index in [0.717, 1.165) is 0 Å². The Bertz CT molecular complexity index is 242. The number of rotatable bonds is 1. The number of carboxylic acid groups (broad SMARTS) is 1. The lowest BCUT2D eigenvalue weighted by molar-refractivity contribution is -0.638. The second-order valence-corrected chi connectivity index (χ2v) is 1.84. The minimum atomic E-state index is -0.944. The van der Waals surface area contributed by atoms with Crippen LogP contribution in [-0.2, 0) is 0 Å². The van der Waals surface area contributed by atoms with Crippen molar-refractivity contribution in [2.24, 2.45) is 0 Å². The maximum atomic E-state index is 10.3. The van der Waals surface area contributed by atoms with Gasteiger partial charge in [-0.05, 0) is 0 Å². The molecule has 0 saturated heterocycles. The average molecular weight is 139 g/mol. The Morgan fingerprint density at radius 2 is 2.00 bits per heavy atom. The first kappa shape index (κ1) is 6.54. The van der Waals surface area contributed by atoms with E-state index in [1.165, 1.54) is 29.2 Å². The van der Waals surface area contributed by atoms with Crippen molar-refractivity contribution in [3.05, 3.63) is 30.1 Å². The predicted molar refractivity (Wildman–Crippen MR) is 33.7 cm³/mol. The highest BCUT2D eigenvalue weighted by atomic mass is 16.4. The van der Waals surface area contributed by atoms with Crippen LogP contribution in [-0.4, -0.2) is 11.1 Å². The predicted octanol–water partition coefficient (Wildman–Crippen LogP) is -0.614. The van der Waals surface area contributed by atoms with Crippen LogP contribution in [0.15, 0.2) is 24.5 Å². The minimum Gasteiger partial charge on any atom is -0.478 e. The molecule has 3 N–H and O–H groups in total. The molecule has 1 aromatic rings. The lowest BCUT2D eigenvalue weighted by Gasteiger charge is -1.88. The Kier molecular flexibility index (Phi) is 1.53. The summed E-state index contributed by atoms with van der Waals surface area (Å²) in [6, 6.07) is 2.87. The average Bonchev–Trinajstić information content (AvgIpc) is 1.88. The van der Waals surface area contributed by atoms with Crippen molar-refractivity contribution >= 4 is 5.97 Å². The molecular formula is C6H7N2O2+. The quantitative estimate of drug-likeness (QED) is 0.402. The van der Waals surface area contributed by atoms with Crippen LogP contribution in [0.3, 0.4) is 0 Å². The summed E-state index contributed by atoms with van der Waals surface area (Å²) in [7, 11) is 0. The van der Waals surface area contributed by atoms with Crippen LogP contribution < -0.4 is 10.5 Å². The maximum absolute atomic E-state index is 10.3. The van der Waals surface area contributed by atoms with Gasteiger partial charge >= 0.3 is 5.97 Å². The van der Waals surface area contributed by atoms with Crippen molar-refractivity contribution in [2.45, 2.75) is 0 Å². The SMILES string of the molecule is N[n+]1ccc(C(=O)O)cc1. The van der Waals surface area contributed by atoms with Crippen molar-refractivity contribution in [3.8, 4) is 0 Å². The smallest absolute Gasteiger partial charge is 0.336 e. The van der Waals surface area contributed by atoms with E-state index in [1.54, 1.807) is 0 Å². The summed E-state index contributed by atoms with van der Waals surface area (Å²) in [4.78, 5) is 10.3. The maximum Gasteiger partial charge on any atom is 0.336 e. The molecule has 0 amide bonds. The van der Waals surface area contributed by atoms with E-state index < -0.39 is 5.97 Å². The van der Waals surface area contributed by atoms with Gasteiger partial charge in [0, 0.05) is 12.1 Å². The zero-order chi connectivity index (χ0) is 7.56. The number of nitrogens with zero attached hydrogens (tertiary/aromatic N) is 1. The standard InChI is InChI=1S/C6H6N2O2/c7-8-3-1-5(2-4-8)6(9)10/h1-4H,7H2/p+1. The molecule has 0 bridgehead atoms. The molecule has 0 saturated carbocycles. The third-order valence-corrected chi connectivity index (χ3v) is 1.10. The van der Waals surface area contributed by atoms with Crippen LogP contribution in [0.5, 0.6) is 0 Å². The molecular weight excluding hydrogens is 132 g/mol. The molecule has 1 rings (SSSR count). The number of carbonyl (C=O) groups is 1. The van der Waals surface area contributed by atoms with Crippen LogP contribution >= 0.6 is 0 Å². The van der Waals surface area contributed by atoms with Gasteiger partial charge < -0.3 is 5.11 Å². The van der Waals surface area contributed by atoms with Crippen molar-refractivity contribution < 1.29 is 14.6 Å². The monoisotopic (exact) mass is 139 g/mol. The van der Waals surface area contributed by atoms with Gasteiger partial charge in [0.25, 0.3) is 0 Å². The Morgan fingerprint density at radius 1 is 1.50 bits per heavy atom. The van der Waals surface area contributed by atoms with E-state index in [1.807, 2.05) is 0 Å². The van der Waals surface area contributed by atoms with Crippen LogP contribution in [0.1, 0.15) is 10.4 Å². The zero-order valence-corrected chi connectivity index (χ0v) is 5.19. The summed E-state index contributed by atoms with van der Waals surface area (Å²) in [5, 5.41) is 8.43. The fourth-order valence-corrected chi connectivity index (χ4v) is 0.581. The van der Waals surface area contributed by atoms with Gasteiger partial charge in [-0.3, -0.25) is 0 Å². The first-order valence-electron chi connectivity index (χ1n) is 2.70. The highest BCUT2D eigenvalue weighted by Gasteiger charge is 2.02. The number of hydrogen-bond acceptors (Lipinski definition) is 2. The molecule has 4 heteroatoms. The van der Waals surface area contributed by atoms with Crippen LogP contribution in [0.25, 0.3) is 0 Å². The molecule has 10 heavy (non-hydrogen) atoms. The van der Waals surface area contributed by atoms with E-state index in [2.05, 4.69) is 0 Å². The number of nitrogens with two attached hydrogens (primary N) is 1. The van der Waals surface area contributed by atoms with E-state index >= 15 is 0 Å². The normalized spacial score (nSPS) is 9.20. The van der Waals surface area contributed by atoms with Gasteiger partial charge in [0.15, 0.2) is 12.4 Å². The van der Waals surface area contributed by atoms with E-state index in [9.17, 15) is 4.79 Å². The number of hydrogen-bond donors (Lipinski definition) is 2. The van der Waals surface area contributed by atoms with Crippen LogP contribution in [0.4, 0.5) is 0 Å². The second kappa shape index (κ2) is 2.34. The summed E-state index contributed by atoms with van der Waals surface area (Å²) < 4.78 is 1.28. The lowest BCUT2D eigenvalue weighted by atomic mass is 10.3. The van der Waals surface area contributed by atoms with Crippen molar-refractivity contribution in [1.82, 2.24) is 0 Å². The van der Waals surface area contributed by atoms with Crippen LogP contribution in [0, 0.1) is 0 Å². The highest BCUT2D eigenvalue weighted by Crippen LogP contribution is 1.92. The van der Waals surface area contributed by atoms with Gasteiger partial charge in [0.1, 0.15) is 0 Å². The molecule has 0 fully saturated rings. The summed E-state index contributed by atoms with van der Waals surface area (Å²) in [5.74, 6) is 4.31. The topological polar surface area (TPSA) is 67.2 Å². The molecule has 4 nitrogen and oxygen atoms in total. The molecule has 0 atom stereocenters. The number of nitrogen functional groups attached to an aromatic ring is 1. The van der Waals surface area contributed by atoms with Crippen molar-refractivity contribution in [3.63, 3.8) is 0 Å². The Labute approximate surface area is 57.5 Å². The number of aromatic carboxylic acids is 1. The van der Waals surface area contributed by atoms with Gasteiger partial charge in [-0.1, -0.05) is 4.68 Å². The molecule has 0 radical (unpaired) electrons. The third-order valence-electron chi connectivity index (χ3n) is 1.10. The number of carboxylic acids is 1. The third kappa shape index (κ3) is 1.22. The molecule has 0 aliphatic carbocycles. The van der Waals surface area contributed by atoms with Gasteiger partial charge in [0.05, 0.1) is 5.56 Å². The van der Waals surface area contributed by atoms with Gasteiger partial charge in [-0.25, -0.2) is 10.6 Å². The van der Waals surface area contributed by atoms with Gasteiger partial charge in [0.2, 0.25) is 0 Å². The van der Waals surface area contributed by atoms with E-state index in [4.69, 9.17) is 10.9 Å². The minimum absolute atomic E-state index is 0.238. The van der Waals surface area contributed by atoms with E-state index in [-0.39, 0.29) is 5.56 Å². The number of pyridine rings is 1. The first-order chi connectivity index (χ1) is 4.70. The summed E-state index contributed by atoms with van der Waals surface area (Å²) in [5.41, 5.74) is 0.238. The molecule has 1 aromatic heterocycles. The fraction of sp³-hybridized carbons (Fsp3) is 0. The largest absolute Gasteiger partial charge is 0.478 e. The Hall–Kier alpha value is -1.58. The highest BCUT2D eigenvalue weighted by molar-refractivity contribution is 5.87. The fourth-order valence-electron chi connectivity index (χ4n) is 0.581. The molecule has 0 unspecified atom stereocenters. The Morgan fingerprint density at radius 3 is 2.40 bits per heavy atom. The van der Waals surface area contributed by atoms with Gasteiger partial charge in [-0.15, -0.1) is 0 Å². The summed E-state index contributed by atoms with van der Waals surface area (Å²) in [6.07, 6.45) is 2.95. The zero-order valence-electron chi connectivity index (χ0n) is 5.19. The second-order valence-electron chi connectivity index (χ2n) is 1.84. The Balaban J connectivity index is 3.00. The summed E-state index contributed by atoms with van der Waals surface area (Å²) in [6.45, 7) is 0. The molecule has 0 aliphatic rings.